The van der Waals surface area contributed by atoms with Crippen LogP contribution in [0.5, 0.6) is 0 Å². The van der Waals surface area contributed by atoms with Crippen molar-refractivity contribution in [1.82, 2.24) is 9.29 Å². The number of hydrogen-bond donors (Lipinski definition) is 3. The molecule has 3 N–H and O–H groups in total. The predicted octanol–water partition coefficient (Wildman–Crippen LogP) is 3.00. The van der Waals surface area contributed by atoms with E-state index in [1.807, 2.05) is 6.92 Å². The van der Waals surface area contributed by atoms with Crippen molar-refractivity contribution in [3.05, 3.63) is 53.1 Å². The lowest BCUT2D eigenvalue weighted by atomic mass is 10.1. The topological polar surface area (TPSA) is 111 Å². The Morgan fingerprint density at radius 1 is 1.52 bits per heavy atom. The molecule has 1 aliphatic rings. The van der Waals surface area contributed by atoms with Gasteiger partial charge >= 0.3 is 0 Å². The van der Waals surface area contributed by atoms with Crippen molar-refractivity contribution in [2.24, 2.45) is 7.05 Å². The lowest BCUT2D eigenvalue weighted by Gasteiger charge is -2.12. The molecule has 2 aromatic rings. The van der Waals surface area contributed by atoms with Crippen LogP contribution < -0.4 is 10.0 Å². The number of hydrogen-bond acceptors (Lipinski definition) is 4. The number of carbonyl (C=O) groups is 1. The molecule has 3 rings (SSSR count). The van der Waals surface area contributed by atoms with Gasteiger partial charge in [0.05, 0.1) is 10.5 Å². The number of aromatic nitrogens is 1. The monoisotopic (exact) mass is 387 g/mol. The van der Waals surface area contributed by atoms with Crippen LogP contribution in [0.2, 0.25) is 0 Å². The highest BCUT2D eigenvalue weighted by molar-refractivity contribution is 7.90. The molecule has 0 bridgehead atoms. The second kappa shape index (κ2) is 6.98. The minimum Gasteiger partial charge on any atom is -0.345 e. The van der Waals surface area contributed by atoms with Crippen LogP contribution in [0.4, 0.5) is 10.1 Å². The van der Waals surface area contributed by atoms with Crippen molar-refractivity contribution in [1.29, 1.82) is 10.0 Å². The number of nitrogens with zero attached hydrogens (tertiary/aromatic N) is 2. The van der Waals surface area contributed by atoms with Gasteiger partial charge in [0.25, 0.3) is 5.91 Å². The number of anilines is 1. The Balaban J connectivity index is 2.02. The van der Waals surface area contributed by atoms with Crippen molar-refractivity contribution in [3.8, 4) is 6.07 Å². The van der Waals surface area contributed by atoms with Gasteiger partial charge in [0, 0.05) is 30.5 Å². The molecule has 1 amide bonds. The quantitative estimate of drug-likeness (QED) is 0.753. The first-order valence-corrected chi connectivity index (χ1v) is 9.77. The van der Waals surface area contributed by atoms with Crippen LogP contribution in [0, 0.1) is 21.9 Å². The highest BCUT2D eigenvalue weighted by atomic mass is 32.2. The van der Waals surface area contributed by atoms with Crippen LogP contribution in [0.3, 0.4) is 0 Å². The molecule has 0 saturated heterocycles. The number of nitriles is 1. The first kappa shape index (κ1) is 18.8. The van der Waals surface area contributed by atoms with Gasteiger partial charge in [-0.3, -0.25) is 4.79 Å². The summed E-state index contributed by atoms with van der Waals surface area (Å²) in [6.07, 6.45) is 5.62. The lowest BCUT2D eigenvalue weighted by Crippen LogP contribution is -2.31. The van der Waals surface area contributed by atoms with Crippen LogP contribution in [-0.2, 0) is 17.0 Å². The summed E-state index contributed by atoms with van der Waals surface area (Å²) in [6, 6.07) is 5.19. The Labute approximate surface area is 156 Å². The van der Waals surface area contributed by atoms with E-state index in [4.69, 9.17) is 10.0 Å². The molecule has 7 nitrogen and oxygen atoms in total. The Morgan fingerprint density at radius 2 is 2.26 bits per heavy atom. The zero-order valence-corrected chi connectivity index (χ0v) is 15.6. The predicted molar refractivity (Wildman–Crippen MR) is 99.9 cm³/mol. The maximum atomic E-state index is 13.5. The molecule has 9 heteroatoms. The normalized spacial score (nSPS) is 21.2. The molecule has 2 heterocycles. The number of halogens is 1. The van der Waals surface area contributed by atoms with E-state index in [2.05, 4.69) is 10.0 Å². The lowest BCUT2D eigenvalue weighted by molar-refractivity contribution is 0.101. The molecule has 1 unspecified atom stereocenters. The largest absolute Gasteiger partial charge is 0.345 e. The van der Waals surface area contributed by atoms with Crippen molar-refractivity contribution < 1.29 is 13.4 Å². The summed E-state index contributed by atoms with van der Waals surface area (Å²) < 4.78 is 38.7. The standard InChI is InChI=1S/C18H18FN5O2S/c1-3-12-4-6-14-16(27(21,26)23-12)10-24(2)17(14)18(25)22-13-5-7-15(19)11(8-13)9-20/h4-8,10,12H,3H2,1-2H3,(H,22,25)(H2,21,23,26)/t12-,27?/m1/s1. The van der Waals surface area contributed by atoms with Crippen molar-refractivity contribution in [2.45, 2.75) is 24.3 Å². The average Bonchev–Trinajstić information content (AvgIpc) is 2.91. The highest BCUT2D eigenvalue weighted by Crippen LogP contribution is 2.28. The Bertz CT molecular complexity index is 1100. The Hall–Kier alpha value is -2.96. The molecule has 0 aliphatic carbocycles. The second-order valence-electron chi connectivity index (χ2n) is 6.17. The Kier molecular flexibility index (Phi) is 4.87. The van der Waals surface area contributed by atoms with Crippen molar-refractivity contribution in [2.75, 3.05) is 5.32 Å². The SMILES string of the molecule is CC[C@@H]1C=Cc2c(cn(C)c2C(=O)Nc2ccc(F)c(C#N)c2)S(=N)(=O)N1. The third kappa shape index (κ3) is 3.49. The maximum absolute atomic E-state index is 13.5. The van der Waals surface area contributed by atoms with E-state index in [-0.39, 0.29) is 27.9 Å². The summed E-state index contributed by atoms with van der Waals surface area (Å²) in [5.41, 5.74) is 0.716. The third-order valence-electron chi connectivity index (χ3n) is 4.31. The Morgan fingerprint density at radius 3 is 2.93 bits per heavy atom. The van der Waals surface area contributed by atoms with Crippen LogP contribution in [0.15, 0.2) is 35.4 Å². The molecule has 1 aliphatic heterocycles. The van der Waals surface area contributed by atoms with Gasteiger partial charge in [-0.2, -0.15) is 5.26 Å². The number of amides is 1. The molecule has 27 heavy (non-hydrogen) atoms. The molecule has 1 aromatic heterocycles. The molecular weight excluding hydrogens is 369 g/mol. The van der Waals surface area contributed by atoms with Gasteiger partial charge in [-0.1, -0.05) is 19.1 Å². The maximum Gasteiger partial charge on any atom is 0.272 e. The minimum absolute atomic E-state index is 0.178. The third-order valence-corrected chi connectivity index (χ3v) is 5.89. The smallest absolute Gasteiger partial charge is 0.272 e. The summed E-state index contributed by atoms with van der Waals surface area (Å²) in [7, 11) is -1.65. The number of benzene rings is 1. The summed E-state index contributed by atoms with van der Waals surface area (Å²) in [6.45, 7) is 1.91. The number of rotatable bonds is 3. The van der Waals surface area contributed by atoms with Crippen molar-refractivity contribution >= 4 is 27.6 Å². The molecular formula is C18H18FN5O2S. The van der Waals surface area contributed by atoms with E-state index in [9.17, 15) is 13.4 Å². The molecule has 0 fully saturated rings. The van der Waals surface area contributed by atoms with Gasteiger partial charge in [-0.15, -0.1) is 0 Å². The zero-order chi connectivity index (χ0) is 19.8. The van der Waals surface area contributed by atoms with Gasteiger partial charge in [0.1, 0.15) is 27.5 Å². The van der Waals surface area contributed by atoms with Gasteiger partial charge in [0.15, 0.2) is 0 Å². The average molecular weight is 387 g/mol. The first-order chi connectivity index (χ1) is 12.8. The van der Waals surface area contributed by atoms with E-state index in [0.29, 0.717) is 12.0 Å². The van der Waals surface area contributed by atoms with E-state index >= 15 is 0 Å². The fraction of sp³-hybridized carbons (Fsp3) is 0.222. The summed E-state index contributed by atoms with van der Waals surface area (Å²) in [5.74, 6) is -1.18. The highest BCUT2D eigenvalue weighted by Gasteiger charge is 2.28. The van der Waals surface area contributed by atoms with E-state index in [1.54, 1.807) is 25.3 Å². The summed E-state index contributed by atoms with van der Waals surface area (Å²) in [5, 5.41) is 11.5. The molecule has 2 atom stereocenters. The van der Waals surface area contributed by atoms with Gasteiger partial charge in [-0.25, -0.2) is 18.1 Å². The number of aryl methyl sites for hydroxylation is 1. The van der Waals surface area contributed by atoms with Gasteiger partial charge < -0.3 is 9.88 Å². The van der Waals surface area contributed by atoms with Crippen LogP contribution in [-0.4, -0.2) is 20.7 Å². The van der Waals surface area contributed by atoms with Crippen LogP contribution >= 0.6 is 0 Å². The zero-order valence-electron chi connectivity index (χ0n) is 14.7. The van der Waals surface area contributed by atoms with Gasteiger partial charge in [-0.05, 0) is 24.6 Å². The molecule has 0 radical (unpaired) electrons. The van der Waals surface area contributed by atoms with E-state index < -0.39 is 21.6 Å². The van der Waals surface area contributed by atoms with Crippen LogP contribution in [0.1, 0.15) is 35.0 Å². The number of fused-ring (bicyclic) bond motifs is 1. The van der Waals surface area contributed by atoms with Crippen molar-refractivity contribution in [3.63, 3.8) is 0 Å². The molecule has 0 saturated carbocycles. The second-order valence-corrected chi connectivity index (χ2v) is 7.96. The van der Waals surface area contributed by atoms with Gasteiger partial charge in [0.2, 0.25) is 0 Å². The summed E-state index contributed by atoms with van der Waals surface area (Å²) in [4.78, 5) is 13.0. The minimum atomic E-state index is -3.27. The fourth-order valence-corrected chi connectivity index (χ4v) is 4.50. The molecule has 1 aromatic carbocycles. The number of nitrogens with one attached hydrogen (secondary N) is 3. The number of carbonyl (C=O) groups excluding carboxylic acids is 1. The van der Waals surface area contributed by atoms with Crippen LogP contribution in [0.25, 0.3) is 6.08 Å². The fourth-order valence-electron chi connectivity index (χ4n) is 2.92. The van der Waals surface area contributed by atoms with E-state index in [0.717, 1.165) is 6.07 Å². The van der Waals surface area contributed by atoms with E-state index in [1.165, 1.54) is 22.9 Å². The first-order valence-electron chi connectivity index (χ1n) is 8.21. The molecule has 140 valence electrons. The molecule has 0 spiro atoms. The summed E-state index contributed by atoms with van der Waals surface area (Å²) >= 11 is 0.